The summed E-state index contributed by atoms with van der Waals surface area (Å²) < 4.78 is 15.2. The van der Waals surface area contributed by atoms with Crippen LogP contribution in [0.1, 0.15) is 11.1 Å². The van der Waals surface area contributed by atoms with Gasteiger partial charge in [0.05, 0.1) is 5.39 Å². The molecular formula is C23H20FN3O. The minimum Gasteiger partial charge on any atom is -0.378 e. The molecule has 4 rings (SSSR count). The highest BCUT2D eigenvalue weighted by Crippen LogP contribution is 2.19. The van der Waals surface area contributed by atoms with Crippen molar-refractivity contribution in [1.29, 1.82) is 0 Å². The fraction of sp³-hybridized carbons (Fsp3) is 0.130. The fourth-order valence-electron chi connectivity index (χ4n) is 3.27. The number of anilines is 1. The van der Waals surface area contributed by atoms with E-state index >= 15 is 0 Å². The maximum atomic E-state index is 13.4. The van der Waals surface area contributed by atoms with E-state index in [1.165, 1.54) is 12.1 Å². The van der Waals surface area contributed by atoms with Gasteiger partial charge in [0.25, 0.3) is 0 Å². The van der Waals surface area contributed by atoms with Gasteiger partial charge in [0.1, 0.15) is 11.5 Å². The zero-order valence-electron chi connectivity index (χ0n) is 15.8. The molecule has 2 aromatic carbocycles. The highest BCUT2D eigenvalue weighted by atomic mass is 19.1. The standard InChI is InChI=1S/C23H20FN3O/c1-26(2)19-9-5-16(6-10-19)14-17-15-27(20-11-7-18(24)8-12-20)23-21(22(17)28)4-3-13-25-23/h3-13,15H,14H2,1-2H3. The van der Waals surface area contributed by atoms with Crippen LogP contribution in [0.5, 0.6) is 0 Å². The van der Waals surface area contributed by atoms with Gasteiger partial charge < -0.3 is 9.47 Å². The normalized spacial score (nSPS) is 11.0. The van der Waals surface area contributed by atoms with Crippen LogP contribution in [0.2, 0.25) is 0 Å². The summed E-state index contributed by atoms with van der Waals surface area (Å²) >= 11 is 0. The first-order valence-corrected chi connectivity index (χ1v) is 9.04. The molecule has 0 unspecified atom stereocenters. The average molecular weight is 373 g/mol. The summed E-state index contributed by atoms with van der Waals surface area (Å²) in [7, 11) is 3.99. The molecule has 0 atom stereocenters. The maximum absolute atomic E-state index is 13.4. The van der Waals surface area contributed by atoms with Gasteiger partial charge in [0.2, 0.25) is 0 Å². The summed E-state index contributed by atoms with van der Waals surface area (Å²) in [4.78, 5) is 19.4. The third-order valence-corrected chi connectivity index (χ3v) is 4.79. The molecule has 2 aromatic heterocycles. The molecule has 0 aliphatic carbocycles. The second kappa shape index (κ2) is 7.27. The first-order valence-electron chi connectivity index (χ1n) is 9.04. The van der Waals surface area contributed by atoms with Crippen molar-refractivity contribution in [1.82, 2.24) is 9.55 Å². The van der Waals surface area contributed by atoms with Crippen LogP contribution in [-0.4, -0.2) is 23.6 Å². The highest BCUT2D eigenvalue weighted by molar-refractivity contribution is 5.77. The lowest BCUT2D eigenvalue weighted by molar-refractivity contribution is 0.627. The predicted molar refractivity (Wildman–Crippen MR) is 111 cm³/mol. The number of rotatable bonds is 4. The van der Waals surface area contributed by atoms with Gasteiger partial charge in [-0.1, -0.05) is 12.1 Å². The minimum absolute atomic E-state index is 0.0295. The van der Waals surface area contributed by atoms with Crippen molar-refractivity contribution >= 4 is 16.7 Å². The monoisotopic (exact) mass is 373 g/mol. The number of benzene rings is 2. The molecule has 0 saturated heterocycles. The van der Waals surface area contributed by atoms with Gasteiger partial charge in [-0.05, 0) is 54.1 Å². The molecule has 0 aliphatic rings. The summed E-state index contributed by atoms with van der Waals surface area (Å²) in [5.74, 6) is -0.303. The van der Waals surface area contributed by atoms with Crippen LogP contribution in [0.3, 0.4) is 0 Å². The van der Waals surface area contributed by atoms with E-state index in [0.29, 0.717) is 23.0 Å². The van der Waals surface area contributed by atoms with Crippen molar-refractivity contribution in [3.63, 3.8) is 0 Å². The van der Waals surface area contributed by atoms with Crippen molar-refractivity contribution in [3.8, 4) is 5.69 Å². The molecule has 0 fully saturated rings. The second-order valence-corrected chi connectivity index (χ2v) is 6.94. The highest BCUT2D eigenvalue weighted by Gasteiger charge is 2.12. The summed E-state index contributed by atoms with van der Waals surface area (Å²) in [5, 5.41) is 0.550. The van der Waals surface area contributed by atoms with Crippen molar-refractivity contribution < 1.29 is 4.39 Å². The lowest BCUT2D eigenvalue weighted by Crippen LogP contribution is -2.15. The fourth-order valence-corrected chi connectivity index (χ4v) is 3.27. The van der Waals surface area contributed by atoms with E-state index in [9.17, 15) is 9.18 Å². The molecule has 0 saturated carbocycles. The molecule has 4 nitrogen and oxygen atoms in total. The predicted octanol–water partition coefficient (Wildman–Crippen LogP) is 4.18. The van der Waals surface area contributed by atoms with Crippen molar-refractivity contribution in [3.05, 3.63) is 100 Å². The Morgan fingerprint density at radius 2 is 1.71 bits per heavy atom. The number of pyridine rings is 2. The third-order valence-electron chi connectivity index (χ3n) is 4.79. The van der Waals surface area contributed by atoms with E-state index in [-0.39, 0.29) is 11.2 Å². The average Bonchev–Trinajstić information content (AvgIpc) is 2.71. The van der Waals surface area contributed by atoms with Crippen LogP contribution in [0.4, 0.5) is 10.1 Å². The summed E-state index contributed by atoms with van der Waals surface area (Å²) in [6.07, 6.45) is 3.98. The Labute approximate surface area is 162 Å². The van der Waals surface area contributed by atoms with E-state index in [1.54, 1.807) is 30.5 Å². The Morgan fingerprint density at radius 1 is 1.00 bits per heavy atom. The number of nitrogens with zero attached hydrogens (tertiary/aromatic N) is 3. The van der Waals surface area contributed by atoms with Gasteiger partial charge in [-0.15, -0.1) is 0 Å². The van der Waals surface area contributed by atoms with Crippen LogP contribution in [-0.2, 0) is 6.42 Å². The Bertz CT molecular complexity index is 1180. The number of halogens is 1. The third kappa shape index (κ3) is 3.39. The van der Waals surface area contributed by atoms with E-state index in [0.717, 1.165) is 16.9 Å². The first-order chi connectivity index (χ1) is 13.5. The van der Waals surface area contributed by atoms with E-state index in [1.807, 2.05) is 54.0 Å². The lowest BCUT2D eigenvalue weighted by Gasteiger charge is -2.14. The molecule has 140 valence electrons. The molecular weight excluding hydrogens is 353 g/mol. The van der Waals surface area contributed by atoms with Crippen molar-refractivity contribution in [2.45, 2.75) is 6.42 Å². The van der Waals surface area contributed by atoms with Gasteiger partial charge in [-0.25, -0.2) is 9.37 Å². The Balaban J connectivity index is 1.83. The van der Waals surface area contributed by atoms with Crippen LogP contribution < -0.4 is 10.3 Å². The molecule has 0 bridgehead atoms. The topological polar surface area (TPSA) is 38.1 Å². The van der Waals surface area contributed by atoms with Crippen LogP contribution in [0.15, 0.2) is 77.9 Å². The molecule has 0 aliphatic heterocycles. The number of hydrogen-bond donors (Lipinski definition) is 0. The SMILES string of the molecule is CN(C)c1ccc(Cc2cn(-c3ccc(F)cc3)c3ncccc3c2=O)cc1. The van der Waals surface area contributed by atoms with Crippen LogP contribution >= 0.6 is 0 Å². The molecule has 0 radical (unpaired) electrons. The minimum atomic E-state index is -0.303. The number of aromatic nitrogens is 2. The van der Waals surface area contributed by atoms with E-state index in [2.05, 4.69) is 4.98 Å². The molecule has 0 amide bonds. The second-order valence-electron chi connectivity index (χ2n) is 6.94. The molecule has 0 N–H and O–H groups in total. The maximum Gasteiger partial charge on any atom is 0.194 e. The number of fused-ring (bicyclic) bond motifs is 1. The van der Waals surface area contributed by atoms with Gasteiger partial charge in [0, 0.05) is 49.8 Å². The quantitative estimate of drug-likeness (QED) is 0.539. The van der Waals surface area contributed by atoms with Crippen LogP contribution in [0, 0.1) is 5.82 Å². The number of hydrogen-bond acceptors (Lipinski definition) is 3. The van der Waals surface area contributed by atoms with Gasteiger partial charge in [-0.3, -0.25) is 4.79 Å². The zero-order chi connectivity index (χ0) is 19.7. The smallest absolute Gasteiger partial charge is 0.194 e. The lowest BCUT2D eigenvalue weighted by atomic mass is 10.0. The van der Waals surface area contributed by atoms with Gasteiger partial charge in [-0.2, -0.15) is 0 Å². The first kappa shape index (κ1) is 17.9. The Hall–Kier alpha value is -3.47. The van der Waals surface area contributed by atoms with E-state index in [4.69, 9.17) is 0 Å². The Morgan fingerprint density at radius 3 is 2.39 bits per heavy atom. The van der Waals surface area contributed by atoms with E-state index < -0.39 is 0 Å². The van der Waals surface area contributed by atoms with Crippen molar-refractivity contribution in [2.75, 3.05) is 19.0 Å². The molecule has 4 aromatic rings. The van der Waals surface area contributed by atoms with Gasteiger partial charge in [0.15, 0.2) is 5.43 Å². The summed E-state index contributed by atoms with van der Waals surface area (Å²) in [5.41, 5.74) is 4.12. The summed E-state index contributed by atoms with van der Waals surface area (Å²) in [6, 6.07) is 17.9. The molecule has 2 heterocycles. The molecule has 28 heavy (non-hydrogen) atoms. The summed E-state index contributed by atoms with van der Waals surface area (Å²) in [6.45, 7) is 0. The zero-order valence-corrected chi connectivity index (χ0v) is 15.8. The van der Waals surface area contributed by atoms with Crippen LogP contribution in [0.25, 0.3) is 16.7 Å². The van der Waals surface area contributed by atoms with Gasteiger partial charge >= 0.3 is 0 Å². The Kier molecular flexibility index (Phi) is 4.65. The molecule has 0 spiro atoms. The molecule has 5 heteroatoms. The largest absolute Gasteiger partial charge is 0.378 e. The van der Waals surface area contributed by atoms with Crippen molar-refractivity contribution in [2.24, 2.45) is 0 Å².